The first-order chi connectivity index (χ1) is 19.0. The third-order valence-electron chi connectivity index (χ3n) is 7.06. The second-order valence-electron chi connectivity index (χ2n) is 9.97. The maximum Gasteiger partial charge on any atom is 1.00 e. The van der Waals surface area contributed by atoms with Crippen LogP contribution in [0.5, 0.6) is 0 Å². The molecule has 1 saturated carbocycles. The Hall–Kier alpha value is -2.88. The molecule has 3 aromatic carbocycles. The Labute approximate surface area is 277 Å². The van der Waals surface area contributed by atoms with Crippen LogP contribution < -0.4 is 67.8 Å². The van der Waals surface area contributed by atoms with Crippen LogP contribution in [0.1, 0.15) is 66.7 Å². The number of nitrogens with zero attached hydrogens (tertiary/aromatic N) is 3. The van der Waals surface area contributed by atoms with Crippen molar-refractivity contribution < 1.29 is 56.5 Å². The van der Waals surface area contributed by atoms with E-state index in [-0.39, 0.29) is 62.8 Å². The molecule has 8 heteroatoms. The zero-order valence-corrected chi connectivity index (χ0v) is 26.2. The summed E-state index contributed by atoms with van der Waals surface area (Å²) in [7, 11) is 0. The van der Waals surface area contributed by atoms with Gasteiger partial charge in [-0.25, -0.2) is 9.98 Å². The SMILES string of the molecule is CCCCc1nc(C2CC2)n(-c2ccccc2)c(=O)c1Cc1ccc(-c2ccccc2C(=N)N=C(N)[O-])cc1.[K+]. The van der Waals surface area contributed by atoms with E-state index < -0.39 is 6.02 Å². The molecule has 5 rings (SSSR count). The summed E-state index contributed by atoms with van der Waals surface area (Å²) in [6.45, 7) is 2.15. The van der Waals surface area contributed by atoms with Crippen LogP contribution in [0.15, 0.2) is 88.6 Å². The number of hydrogen-bond acceptors (Lipinski definition) is 4. The van der Waals surface area contributed by atoms with Gasteiger partial charge in [-0.1, -0.05) is 80.1 Å². The Balaban J connectivity index is 0.00000370. The number of unbranched alkanes of at least 4 members (excludes halogenated alkanes) is 1. The first kappa shape index (κ1) is 30.1. The molecule has 0 radical (unpaired) electrons. The molecule has 4 aromatic rings. The molecule has 0 bridgehead atoms. The van der Waals surface area contributed by atoms with Gasteiger partial charge in [0.05, 0.1) is 17.4 Å². The molecule has 1 heterocycles. The Morgan fingerprint density at radius 2 is 1.73 bits per heavy atom. The minimum absolute atomic E-state index is 0. The van der Waals surface area contributed by atoms with Crippen molar-refractivity contribution in [1.29, 1.82) is 5.41 Å². The molecule has 1 aliphatic rings. The minimum atomic E-state index is -0.897. The first-order valence-corrected chi connectivity index (χ1v) is 13.4. The van der Waals surface area contributed by atoms with Gasteiger partial charge >= 0.3 is 51.4 Å². The maximum atomic E-state index is 14.1. The topological polar surface area (TPSA) is 120 Å². The average Bonchev–Trinajstić information content (AvgIpc) is 3.79. The van der Waals surface area contributed by atoms with Crippen molar-refractivity contribution in [2.75, 3.05) is 0 Å². The summed E-state index contributed by atoms with van der Waals surface area (Å²) in [5, 5.41) is 19.4. The van der Waals surface area contributed by atoms with Gasteiger partial charge in [0.25, 0.3) is 5.56 Å². The van der Waals surface area contributed by atoms with Gasteiger partial charge in [-0.2, -0.15) is 0 Å². The second kappa shape index (κ2) is 13.7. The van der Waals surface area contributed by atoms with Gasteiger partial charge in [0.15, 0.2) is 5.84 Å². The van der Waals surface area contributed by atoms with E-state index >= 15 is 0 Å². The standard InChI is InChI=1S/C32H33N5O2.K/c1-2-3-13-28-27(31(38)37(24-9-5-4-6-10-24)30(35-28)23-18-19-23)20-21-14-16-22(17-15-21)25-11-7-8-12-26(25)29(33)36-32(34)39;/h4-12,14-17,23H,2-3,13,18-20H2,1H3,(H4,33,34,36,39);/q;+1/p-1. The number of aliphatic imine (C=N–C) groups is 1. The van der Waals surface area contributed by atoms with Gasteiger partial charge < -0.3 is 10.8 Å². The quantitative estimate of drug-likeness (QED) is 0.185. The number of hydrogen-bond donors (Lipinski definition) is 2. The average molecular weight is 558 g/mol. The van der Waals surface area contributed by atoms with Crippen molar-refractivity contribution in [3.8, 4) is 16.8 Å². The maximum absolute atomic E-state index is 14.1. The molecule has 1 aliphatic carbocycles. The van der Waals surface area contributed by atoms with E-state index in [4.69, 9.17) is 16.1 Å². The number of aromatic nitrogens is 2. The van der Waals surface area contributed by atoms with Gasteiger partial charge in [-0.3, -0.25) is 14.8 Å². The van der Waals surface area contributed by atoms with Gasteiger partial charge in [0.2, 0.25) is 0 Å². The molecule has 1 fully saturated rings. The van der Waals surface area contributed by atoms with Crippen LogP contribution in [-0.2, 0) is 12.8 Å². The number of nitrogens with one attached hydrogen (secondary N) is 1. The zero-order chi connectivity index (χ0) is 27.4. The summed E-state index contributed by atoms with van der Waals surface area (Å²) in [6.07, 6.45) is 5.42. The van der Waals surface area contributed by atoms with Crippen LogP contribution >= 0.6 is 0 Å². The molecule has 0 unspecified atom stereocenters. The Morgan fingerprint density at radius 1 is 1.05 bits per heavy atom. The van der Waals surface area contributed by atoms with E-state index in [0.717, 1.165) is 71.6 Å². The van der Waals surface area contributed by atoms with Crippen molar-refractivity contribution in [1.82, 2.24) is 9.55 Å². The number of para-hydroxylation sites is 1. The molecule has 0 amide bonds. The van der Waals surface area contributed by atoms with Crippen molar-refractivity contribution in [2.45, 2.75) is 51.4 Å². The molecular formula is C32H32KN5O2. The fraction of sp³-hybridized carbons (Fsp3) is 0.250. The molecule has 0 aliphatic heterocycles. The third-order valence-corrected chi connectivity index (χ3v) is 7.06. The minimum Gasteiger partial charge on any atom is -0.846 e. The van der Waals surface area contributed by atoms with E-state index in [2.05, 4.69) is 11.9 Å². The van der Waals surface area contributed by atoms with Crippen molar-refractivity contribution in [3.63, 3.8) is 0 Å². The van der Waals surface area contributed by atoms with Gasteiger partial charge in [-0.15, -0.1) is 0 Å². The van der Waals surface area contributed by atoms with Gasteiger partial charge in [-0.05, 0) is 54.5 Å². The number of aryl methyl sites for hydroxylation is 1. The molecule has 40 heavy (non-hydrogen) atoms. The predicted molar refractivity (Wildman–Crippen MR) is 154 cm³/mol. The number of benzene rings is 3. The summed E-state index contributed by atoms with van der Waals surface area (Å²) in [5.41, 5.74) is 10.9. The largest absolute Gasteiger partial charge is 1.00 e. The van der Waals surface area contributed by atoms with Gasteiger partial charge in [0, 0.05) is 23.5 Å². The van der Waals surface area contributed by atoms with E-state index in [0.29, 0.717) is 17.9 Å². The fourth-order valence-corrected chi connectivity index (χ4v) is 4.91. The molecule has 198 valence electrons. The zero-order valence-electron chi connectivity index (χ0n) is 23.1. The summed E-state index contributed by atoms with van der Waals surface area (Å²) in [6, 6.07) is 24.2. The van der Waals surface area contributed by atoms with Crippen LogP contribution in [0.25, 0.3) is 16.8 Å². The molecule has 3 N–H and O–H groups in total. The van der Waals surface area contributed by atoms with Crippen LogP contribution in [0.2, 0.25) is 0 Å². The summed E-state index contributed by atoms with van der Waals surface area (Å²) in [4.78, 5) is 22.8. The summed E-state index contributed by atoms with van der Waals surface area (Å²) < 4.78 is 1.82. The van der Waals surface area contributed by atoms with Crippen LogP contribution in [0, 0.1) is 5.41 Å². The normalized spacial score (nSPS) is 13.1. The first-order valence-electron chi connectivity index (χ1n) is 13.4. The molecular weight excluding hydrogens is 525 g/mol. The number of nitrogens with two attached hydrogens (primary N) is 1. The van der Waals surface area contributed by atoms with E-state index in [1.165, 1.54) is 0 Å². The van der Waals surface area contributed by atoms with Crippen molar-refractivity contribution in [3.05, 3.63) is 117 Å². The Kier molecular flexibility index (Phi) is 10.3. The van der Waals surface area contributed by atoms with E-state index in [1.807, 2.05) is 71.3 Å². The van der Waals surface area contributed by atoms with Gasteiger partial charge in [0.1, 0.15) is 5.82 Å². The molecule has 0 atom stereocenters. The van der Waals surface area contributed by atoms with E-state index in [1.54, 1.807) is 12.1 Å². The number of rotatable bonds is 9. The molecule has 0 saturated heterocycles. The van der Waals surface area contributed by atoms with Crippen LogP contribution in [-0.4, -0.2) is 21.4 Å². The van der Waals surface area contributed by atoms with Crippen LogP contribution in [0.3, 0.4) is 0 Å². The Bertz CT molecular complexity index is 1570. The third kappa shape index (κ3) is 6.87. The summed E-state index contributed by atoms with van der Waals surface area (Å²) in [5.74, 6) is 1.05. The fourth-order valence-electron chi connectivity index (χ4n) is 4.91. The van der Waals surface area contributed by atoms with Crippen molar-refractivity contribution >= 4 is 11.9 Å². The molecule has 0 spiro atoms. The molecule has 7 nitrogen and oxygen atoms in total. The predicted octanol–water partition coefficient (Wildman–Crippen LogP) is 1.71. The Morgan fingerprint density at radius 3 is 2.38 bits per heavy atom. The summed E-state index contributed by atoms with van der Waals surface area (Å²) >= 11 is 0. The van der Waals surface area contributed by atoms with Crippen molar-refractivity contribution in [2.24, 2.45) is 10.7 Å². The smallest absolute Gasteiger partial charge is 0.846 e. The van der Waals surface area contributed by atoms with Crippen LogP contribution in [0.4, 0.5) is 0 Å². The molecule has 1 aromatic heterocycles. The second-order valence-corrected chi connectivity index (χ2v) is 9.97. The van der Waals surface area contributed by atoms with E-state index in [9.17, 15) is 9.90 Å². The monoisotopic (exact) mass is 557 g/mol. The number of amidine groups is 2.